The molecule has 238 valence electrons. The SMILES string of the molecule is COc1ccc(C[C@H](NC(=O)O[C@@H]2CO[C@@H]3OCC[C@@H]32)[C@H](O)C(=O)N2CSC(C)(C)[C@H]2C(=O)NCc2ccccc2C)cc1. The summed E-state index contributed by atoms with van der Waals surface area (Å²) in [5.74, 6) is -0.147. The summed E-state index contributed by atoms with van der Waals surface area (Å²) >= 11 is 1.46. The van der Waals surface area contributed by atoms with E-state index in [1.54, 1.807) is 31.4 Å². The van der Waals surface area contributed by atoms with Gasteiger partial charge < -0.3 is 39.6 Å². The summed E-state index contributed by atoms with van der Waals surface area (Å²) in [6, 6.07) is 13.0. The Morgan fingerprint density at radius 1 is 1.14 bits per heavy atom. The van der Waals surface area contributed by atoms with Crippen molar-refractivity contribution in [3.05, 3.63) is 65.2 Å². The van der Waals surface area contributed by atoms with E-state index >= 15 is 0 Å². The quantitative estimate of drug-likeness (QED) is 0.363. The summed E-state index contributed by atoms with van der Waals surface area (Å²) in [4.78, 5) is 42.0. The zero-order valence-electron chi connectivity index (χ0n) is 25.5. The standard InChI is InChI=1S/C32H41N3O8S/c1-19-7-5-6-8-21(19)16-33-28(37)27-32(2,3)44-18-35(27)29(38)26(36)24(15-20-9-11-22(40-4)12-10-20)34-31(39)43-25-17-42-30-23(25)13-14-41-30/h5-12,23-27,30,36H,13-18H2,1-4H3,(H,33,37)(H,34,39)/t23-,24+,25-,26+,27-,30+/m1/s1. The Morgan fingerprint density at radius 3 is 2.61 bits per heavy atom. The number of rotatable bonds is 10. The molecular weight excluding hydrogens is 586 g/mol. The number of aryl methyl sites for hydroxylation is 1. The van der Waals surface area contributed by atoms with E-state index in [2.05, 4.69) is 10.6 Å². The summed E-state index contributed by atoms with van der Waals surface area (Å²) in [6.45, 7) is 6.86. The van der Waals surface area contributed by atoms with E-state index in [0.29, 0.717) is 25.3 Å². The van der Waals surface area contributed by atoms with Gasteiger partial charge in [0.25, 0.3) is 5.91 Å². The molecule has 3 amide bonds. The molecule has 2 aromatic carbocycles. The van der Waals surface area contributed by atoms with Crippen molar-refractivity contribution < 1.29 is 38.4 Å². The number of ether oxygens (including phenoxy) is 4. The number of fused-ring (bicyclic) bond motifs is 1. The lowest BCUT2D eigenvalue weighted by molar-refractivity contribution is -0.147. The maximum atomic E-state index is 13.9. The third-order valence-corrected chi connectivity index (χ3v) is 9.96. The summed E-state index contributed by atoms with van der Waals surface area (Å²) in [7, 11) is 1.56. The number of hydrogen-bond acceptors (Lipinski definition) is 9. The number of aliphatic hydroxyl groups excluding tert-OH is 1. The fraction of sp³-hybridized carbons (Fsp3) is 0.531. The molecule has 11 nitrogen and oxygen atoms in total. The highest BCUT2D eigenvalue weighted by molar-refractivity contribution is 8.00. The molecule has 44 heavy (non-hydrogen) atoms. The number of thioether (sulfide) groups is 1. The summed E-state index contributed by atoms with van der Waals surface area (Å²) < 4.78 is 21.4. The number of nitrogens with zero attached hydrogens (tertiary/aromatic N) is 1. The molecule has 6 atom stereocenters. The van der Waals surface area contributed by atoms with E-state index in [1.165, 1.54) is 16.7 Å². The second-order valence-electron chi connectivity index (χ2n) is 11.9. The number of methoxy groups -OCH3 is 1. The van der Waals surface area contributed by atoms with E-state index in [9.17, 15) is 19.5 Å². The topological polar surface area (TPSA) is 136 Å². The zero-order valence-corrected chi connectivity index (χ0v) is 26.3. The van der Waals surface area contributed by atoms with Gasteiger partial charge >= 0.3 is 6.09 Å². The van der Waals surface area contributed by atoms with Gasteiger partial charge in [-0.15, -0.1) is 11.8 Å². The number of hydrogen-bond donors (Lipinski definition) is 3. The van der Waals surface area contributed by atoms with Crippen molar-refractivity contribution in [1.29, 1.82) is 0 Å². The van der Waals surface area contributed by atoms with E-state index in [-0.39, 0.29) is 37.0 Å². The number of benzene rings is 2. The Bertz CT molecular complexity index is 1340. The maximum absolute atomic E-state index is 13.9. The minimum atomic E-state index is -1.65. The van der Waals surface area contributed by atoms with Crippen LogP contribution in [0.2, 0.25) is 0 Å². The van der Waals surface area contributed by atoms with Crippen LogP contribution in [-0.2, 0) is 36.8 Å². The third-order valence-electron chi connectivity index (χ3n) is 8.59. The average molecular weight is 628 g/mol. The van der Waals surface area contributed by atoms with Crippen LogP contribution in [0.5, 0.6) is 5.75 Å². The number of alkyl carbamates (subject to hydrolysis) is 1. The van der Waals surface area contributed by atoms with Gasteiger partial charge in [0.05, 0.1) is 38.2 Å². The third kappa shape index (κ3) is 7.14. The Hall–Kier alpha value is -3.32. The lowest BCUT2D eigenvalue weighted by Crippen LogP contribution is -2.58. The van der Waals surface area contributed by atoms with E-state index in [4.69, 9.17) is 18.9 Å². The molecule has 3 N–H and O–H groups in total. The molecule has 3 heterocycles. The van der Waals surface area contributed by atoms with Crippen molar-refractivity contribution in [3.63, 3.8) is 0 Å². The van der Waals surface area contributed by atoms with E-state index in [1.807, 2.05) is 45.0 Å². The second kappa shape index (κ2) is 13.8. The van der Waals surface area contributed by atoms with Gasteiger partial charge in [-0.05, 0) is 62.4 Å². The van der Waals surface area contributed by atoms with Gasteiger partial charge in [0.15, 0.2) is 12.4 Å². The molecule has 3 fully saturated rings. The molecule has 3 aliphatic rings. The molecule has 0 saturated carbocycles. The highest BCUT2D eigenvalue weighted by Crippen LogP contribution is 2.40. The van der Waals surface area contributed by atoms with Crippen LogP contribution in [0.4, 0.5) is 4.79 Å². The van der Waals surface area contributed by atoms with Crippen LogP contribution in [0.25, 0.3) is 0 Å². The molecule has 12 heteroatoms. The first kappa shape index (κ1) is 32.1. The van der Waals surface area contributed by atoms with Crippen LogP contribution >= 0.6 is 11.8 Å². The Labute approximate surface area is 261 Å². The van der Waals surface area contributed by atoms with Crippen LogP contribution in [0, 0.1) is 12.8 Å². The molecule has 0 aliphatic carbocycles. The van der Waals surface area contributed by atoms with Gasteiger partial charge in [-0.2, -0.15) is 0 Å². The molecule has 0 bridgehead atoms. The van der Waals surface area contributed by atoms with Gasteiger partial charge in [-0.1, -0.05) is 36.4 Å². The lowest BCUT2D eigenvalue weighted by atomic mass is 9.97. The summed E-state index contributed by atoms with van der Waals surface area (Å²) in [5.41, 5.74) is 2.79. The number of nitrogens with one attached hydrogen (secondary N) is 2. The largest absolute Gasteiger partial charge is 0.497 e. The highest BCUT2D eigenvalue weighted by atomic mass is 32.2. The van der Waals surface area contributed by atoms with Crippen molar-refractivity contribution >= 4 is 29.7 Å². The van der Waals surface area contributed by atoms with Crippen molar-refractivity contribution in [1.82, 2.24) is 15.5 Å². The van der Waals surface area contributed by atoms with Crippen LogP contribution in [0.3, 0.4) is 0 Å². The van der Waals surface area contributed by atoms with Crippen LogP contribution in [0.1, 0.15) is 37.0 Å². The predicted molar refractivity (Wildman–Crippen MR) is 164 cm³/mol. The number of carbonyl (C=O) groups excluding carboxylic acids is 3. The predicted octanol–water partition coefficient (Wildman–Crippen LogP) is 2.76. The van der Waals surface area contributed by atoms with Crippen molar-refractivity contribution in [3.8, 4) is 5.75 Å². The first-order valence-electron chi connectivity index (χ1n) is 14.9. The maximum Gasteiger partial charge on any atom is 0.407 e. The summed E-state index contributed by atoms with van der Waals surface area (Å²) in [5, 5.41) is 17.2. The van der Waals surface area contributed by atoms with Crippen LogP contribution in [-0.4, -0.2) is 89.4 Å². The Balaban J connectivity index is 1.31. The molecule has 2 aromatic rings. The number of amides is 3. The Morgan fingerprint density at radius 2 is 1.89 bits per heavy atom. The molecule has 0 unspecified atom stereocenters. The molecule has 0 spiro atoms. The fourth-order valence-electron chi connectivity index (χ4n) is 5.97. The number of carbonyl (C=O) groups is 3. The van der Waals surface area contributed by atoms with Gasteiger partial charge in [0.2, 0.25) is 5.91 Å². The highest BCUT2D eigenvalue weighted by Gasteiger charge is 2.50. The monoisotopic (exact) mass is 627 g/mol. The van der Waals surface area contributed by atoms with Gasteiger partial charge in [-0.25, -0.2) is 4.79 Å². The molecule has 0 radical (unpaired) electrons. The van der Waals surface area contributed by atoms with Crippen LogP contribution in [0.15, 0.2) is 48.5 Å². The minimum Gasteiger partial charge on any atom is -0.497 e. The first-order chi connectivity index (χ1) is 21.1. The minimum absolute atomic E-state index is 0.0601. The molecule has 3 aliphatic heterocycles. The lowest BCUT2D eigenvalue weighted by Gasteiger charge is -2.33. The van der Waals surface area contributed by atoms with Crippen molar-refractivity contribution in [2.45, 2.75) is 75.5 Å². The van der Waals surface area contributed by atoms with Gasteiger partial charge in [0.1, 0.15) is 17.9 Å². The van der Waals surface area contributed by atoms with E-state index < -0.39 is 41.0 Å². The number of aliphatic hydroxyl groups is 1. The molecule has 3 saturated heterocycles. The molecule has 5 rings (SSSR count). The average Bonchev–Trinajstić information content (AvgIpc) is 3.71. The normalized spacial score (nSPS) is 25.2. The second-order valence-corrected chi connectivity index (χ2v) is 13.5. The molecular formula is C32H41N3O8S. The molecule has 0 aromatic heterocycles. The first-order valence-corrected chi connectivity index (χ1v) is 15.8. The van der Waals surface area contributed by atoms with Crippen molar-refractivity contribution in [2.75, 3.05) is 26.2 Å². The van der Waals surface area contributed by atoms with Gasteiger partial charge in [0, 0.05) is 11.3 Å². The van der Waals surface area contributed by atoms with Gasteiger partial charge in [-0.3, -0.25) is 9.59 Å². The Kier molecular flexibility index (Phi) is 10.0. The van der Waals surface area contributed by atoms with E-state index in [0.717, 1.165) is 16.7 Å². The van der Waals surface area contributed by atoms with Crippen molar-refractivity contribution in [2.24, 2.45) is 5.92 Å². The smallest absolute Gasteiger partial charge is 0.407 e. The zero-order chi connectivity index (χ0) is 31.4. The summed E-state index contributed by atoms with van der Waals surface area (Å²) in [6.07, 6.45) is -2.44. The fourth-order valence-corrected chi connectivity index (χ4v) is 7.11. The van der Waals surface area contributed by atoms with Crippen LogP contribution < -0.4 is 15.4 Å².